The van der Waals surface area contributed by atoms with Gasteiger partial charge in [0.1, 0.15) is 0 Å². The topological polar surface area (TPSA) is 118 Å². The van der Waals surface area contributed by atoms with E-state index in [4.69, 9.17) is 21.9 Å². The van der Waals surface area contributed by atoms with E-state index in [1.54, 1.807) is 30.3 Å². The molecular formula is C22H15ClN4O4. The van der Waals surface area contributed by atoms with E-state index < -0.39 is 17.0 Å². The zero-order valence-corrected chi connectivity index (χ0v) is 16.7. The van der Waals surface area contributed by atoms with Crippen LogP contribution in [0.2, 0.25) is 5.02 Å². The lowest BCUT2D eigenvalue weighted by molar-refractivity contribution is -0.384. The summed E-state index contributed by atoms with van der Waals surface area (Å²) in [6, 6.07) is 20.7. The molecule has 9 heteroatoms. The fourth-order valence-electron chi connectivity index (χ4n) is 2.76. The SMILES string of the molecule is [N-]=[N+]=N/C(=C\c1ccccc1)C(OC(=O)c1ccc([N+](=O)[O-])cc1)c1ccc(Cl)cc1. The summed E-state index contributed by atoms with van der Waals surface area (Å²) in [7, 11) is 0. The molecule has 0 spiro atoms. The zero-order chi connectivity index (χ0) is 22.2. The number of rotatable bonds is 7. The van der Waals surface area contributed by atoms with Crippen molar-refractivity contribution in [3.8, 4) is 0 Å². The van der Waals surface area contributed by atoms with Crippen molar-refractivity contribution < 1.29 is 14.5 Å². The van der Waals surface area contributed by atoms with Crippen LogP contribution in [0.1, 0.15) is 27.6 Å². The number of halogens is 1. The van der Waals surface area contributed by atoms with Crippen molar-refractivity contribution in [2.75, 3.05) is 0 Å². The van der Waals surface area contributed by atoms with Crippen molar-refractivity contribution in [3.05, 3.63) is 127 Å². The fraction of sp³-hybridized carbons (Fsp3) is 0.0455. The molecule has 0 fully saturated rings. The number of non-ortho nitro benzene ring substituents is 1. The van der Waals surface area contributed by atoms with Crippen LogP contribution in [0.25, 0.3) is 16.5 Å². The first-order valence-corrected chi connectivity index (χ1v) is 9.38. The van der Waals surface area contributed by atoms with Gasteiger partial charge in [0.2, 0.25) is 0 Å². The quantitative estimate of drug-likeness (QED) is 0.105. The predicted octanol–water partition coefficient (Wildman–Crippen LogP) is 6.50. The molecule has 1 unspecified atom stereocenters. The van der Waals surface area contributed by atoms with Crippen LogP contribution < -0.4 is 0 Å². The third kappa shape index (κ3) is 5.70. The van der Waals surface area contributed by atoms with E-state index >= 15 is 0 Å². The Hall–Kier alpha value is -4.13. The predicted molar refractivity (Wildman–Crippen MR) is 116 cm³/mol. The molecule has 0 heterocycles. The third-order valence-electron chi connectivity index (χ3n) is 4.25. The van der Waals surface area contributed by atoms with E-state index in [1.807, 2.05) is 30.3 Å². The van der Waals surface area contributed by atoms with Crippen molar-refractivity contribution >= 4 is 29.3 Å². The third-order valence-corrected chi connectivity index (χ3v) is 4.51. The van der Waals surface area contributed by atoms with E-state index in [1.165, 1.54) is 24.3 Å². The standard InChI is InChI=1S/C22H15ClN4O4/c23-18-10-6-16(7-11-18)21(20(25-26-24)14-15-4-2-1-3-5-15)31-22(28)17-8-12-19(13-9-17)27(29)30/h1-14,21H/b20-14-. The van der Waals surface area contributed by atoms with Gasteiger partial charge in [-0.1, -0.05) is 59.2 Å². The molecule has 0 aliphatic carbocycles. The van der Waals surface area contributed by atoms with Crippen molar-refractivity contribution in [1.82, 2.24) is 0 Å². The van der Waals surface area contributed by atoms with Gasteiger partial charge >= 0.3 is 5.97 Å². The molecule has 0 bridgehead atoms. The lowest BCUT2D eigenvalue weighted by Gasteiger charge is -2.19. The Kier molecular flexibility index (Phi) is 7.01. The first-order chi connectivity index (χ1) is 15.0. The van der Waals surface area contributed by atoms with Gasteiger partial charge in [-0.15, -0.1) is 0 Å². The van der Waals surface area contributed by atoms with E-state index in [2.05, 4.69) is 10.0 Å². The van der Waals surface area contributed by atoms with Crippen molar-refractivity contribution in [2.45, 2.75) is 6.10 Å². The van der Waals surface area contributed by atoms with E-state index in [0.717, 1.165) is 5.56 Å². The molecule has 154 valence electrons. The van der Waals surface area contributed by atoms with Gasteiger partial charge in [-0.2, -0.15) is 0 Å². The highest BCUT2D eigenvalue weighted by Gasteiger charge is 2.22. The molecule has 1 atom stereocenters. The number of carbonyl (C=O) groups is 1. The molecule has 3 aromatic carbocycles. The van der Waals surface area contributed by atoms with Gasteiger partial charge in [0.25, 0.3) is 5.69 Å². The molecule has 0 N–H and O–H groups in total. The van der Waals surface area contributed by atoms with Crippen LogP contribution in [0.5, 0.6) is 0 Å². The van der Waals surface area contributed by atoms with Crippen LogP contribution in [0, 0.1) is 10.1 Å². The fourth-order valence-corrected chi connectivity index (χ4v) is 2.89. The minimum atomic E-state index is -1.03. The number of nitrogens with zero attached hydrogens (tertiary/aromatic N) is 4. The number of benzene rings is 3. The lowest BCUT2D eigenvalue weighted by atomic mass is 10.0. The molecule has 3 rings (SSSR count). The molecule has 3 aromatic rings. The highest BCUT2D eigenvalue weighted by atomic mass is 35.5. The van der Waals surface area contributed by atoms with E-state index in [9.17, 15) is 14.9 Å². The monoisotopic (exact) mass is 434 g/mol. The largest absolute Gasteiger partial charge is 0.449 e. The normalized spacial score (nSPS) is 11.8. The summed E-state index contributed by atoms with van der Waals surface area (Å²) in [5.74, 6) is -0.734. The number of hydrogen-bond acceptors (Lipinski definition) is 5. The summed E-state index contributed by atoms with van der Waals surface area (Å²) in [6.45, 7) is 0. The minimum absolute atomic E-state index is 0.115. The second-order valence-corrected chi connectivity index (χ2v) is 6.75. The first kappa shape index (κ1) is 21.6. The number of nitro benzene ring substituents is 1. The molecule has 0 amide bonds. The Morgan fingerprint density at radius 3 is 2.29 bits per heavy atom. The van der Waals surface area contributed by atoms with Gasteiger partial charge in [0.15, 0.2) is 6.10 Å². The van der Waals surface area contributed by atoms with Crippen LogP contribution >= 0.6 is 11.6 Å². The number of carbonyl (C=O) groups excluding carboxylic acids is 1. The summed E-state index contributed by atoms with van der Waals surface area (Å²) in [4.78, 5) is 25.9. The van der Waals surface area contributed by atoms with Crippen LogP contribution in [0.4, 0.5) is 5.69 Å². The van der Waals surface area contributed by atoms with Gasteiger partial charge in [-0.05, 0) is 47.0 Å². The van der Waals surface area contributed by atoms with E-state index in [-0.39, 0.29) is 16.9 Å². The van der Waals surface area contributed by atoms with Crippen molar-refractivity contribution in [1.29, 1.82) is 0 Å². The molecule has 0 saturated carbocycles. The maximum atomic E-state index is 12.8. The zero-order valence-electron chi connectivity index (χ0n) is 16.0. The number of nitro groups is 1. The molecule has 0 aliphatic rings. The molecular weight excluding hydrogens is 420 g/mol. The van der Waals surface area contributed by atoms with Crippen LogP contribution in [0.15, 0.2) is 89.7 Å². The van der Waals surface area contributed by atoms with Crippen LogP contribution in [-0.4, -0.2) is 10.9 Å². The van der Waals surface area contributed by atoms with Crippen molar-refractivity contribution in [2.24, 2.45) is 5.11 Å². The lowest BCUT2D eigenvalue weighted by Crippen LogP contribution is -2.13. The molecule has 8 nitrogen and oxygen atoms in total. The number of ether oxygens (including phenoxy) is 1. The van der Waals surface area contributed by atoms with Gasteiger partial charge in [-0.3, -0.25) is 10.1 Å². The summed E-state index contributed by atoms with van der Waals surface area (Å²) in [5, 5.41) is 15.1. The average Bonchev–Trinajstić information content (AvgIpc) is 2.78. The molecule has 0 radical (unpaired) electrons. The Labute approximate surface area is 182 Å². The summed E-state index contributed by atoms with van der Waals surface area (Å²) >= 11 is 5.97. The second-order valence-electron chi connectivity index (χ2n) is 6.31. The van der Waals surface area contributed by atoms with Crippen LogP contribution in [-0.2, 0) is 4.74 Å². The molecule has 31 heavy (non-hydrogen) atoms. The minimum Gasteiger partial charge on any atom is -0.449 e. The second kappa shape index (κ2) is 10.1. The maximum Gasteiger partial charge on any atom is 0.339 e. The Balaban J connectivity index is 2.00. The molecule has 0 saturated heterocycles. The van der Waals surface area contributed by atoms with Crippen molar-refractivity contribution in [3.63, 3.8) is 0 Å². The van der Waals surface area contributed by atoms with E-state index in [0.29, 0.717) is 10.6 Å². The summed E-state index contributed by atoms with van der Waals surface area (Å²) < 4.78 is 5.66. The highest BCUT2D eigenvalue weighted by molar-refractivity contribution is 6.30. The summed E-state index contributed by atoms with van der Waals surface area (Å²) in [5.41, 5.74) is 10.5. The van der Waals surface area contributed by atoms with Crippen LogP contribution in [0.3, 0.4) is 0 Å². The average molecular weight is 435 g/mol. The smallest absolute Gasteiger partial charge is 0.339 e. The molecule has 0 aliphatic heterocycles. The highest BCUT2D eigenvalue weighted by Crippen LogP contribution is 2.31. The Morgan fingerprint density at radius 1 is 1.06 bits per heavy atom. The first-order valence-electron chi connectivity index (χ1n) is 9.00. The van der Waals surface area contributed by atoms with Gasteiger partial charge in [0, 0.05) is 22.1 Å². The van der Waals surface area contributed by atoms with Gasteiger partial charge in [0.05, 0.1) is 16.2 Å². The Bertz CT molecular complexity index is 1160. The Morgan fingerprint density at radius 2 is 1.71 bits per heavy atom. The summed E-state index contributed by atoms with van der Waals surface area (Å²) in [6.07, 6.45) is 0.582. The number of esters is 1. The van der Waals surface area contributed by atoms with Gasteiger partial charge < -0.3 is 4.74 Å². The number of azide groups is 1. The maximum absolute atomic E-state index is 12.8. The number of hydrogen-bond donors (Lipinski definition) is 0. The molecule has 0 aromatic heterocycles. The van der Waals surface area contributed by atoms with Gasteiger partial charge in [-0.25, -0.2) is 4.79 Å².